The molecular weight excluding hydrogens is 610 g/mol. The van der Waals surface area contributed by atoms with Gasteiger partial charge < -0.3 is 19.5 Å². The third-order valence-corrected chi connectivity index (χ3v) is 9.79. The number of hydrogen-bond acceptors (Lipinski definition) is 6. The molecule has 6 heteroatoms. The molecule has 0 radical (unpaired) electrons. The van der Waals surface area contributed by atoms with Gasteiger partial charge in [-0.1, -0.05) is 142 Å². The van der Waals surface area contributed by atoms with E-state index in [0.29, 0.717) is 19.4 Å². The Morgan fingerprint density at radius 1 is 0.531 bits per heavy atom. The number of nitrogens with zero attached hydrogens (tertiary/aromatic N) is 1. The lowest BCUT2D eigenvalue weighted by molar-refractivity contribution is -0.150. The first kappa shape index (κ1) is 47.6. The molecule has 0 saturated carbocycles. The van der Waals surface area contributed by atoms with Crippen LogP contribution in [0.4, 0.5) is 0 Å². The Hall–Kier alpha value is -1.40. The number of ether oxygens (including phenoxy) is 2. The number of aliphatic hydroxyl groups excluding tert-OH is 1. The quantitative estimate of drug-likeness (QED) is 0.0392. The van der Waals surface area contributed by atoms with Crippen LogP contribution in [0.25, 0.3) is 0 Å². The van der Waals surface area contributed by atoms with Gasteiger partial charge in [0.25, 0.3) is 0 Å². The minimum absolute atomic E-state index is 0.00663. The summed E-state index contributed by atoms with van der Waals surface area (Å²) in [5, 5.41) is 9.56. The average Bonchev–Trinajstić information content (AvgIpc) is 3.08. The van der Waals surface area contributed by atoms with E-state index >= 15 is 0 Å². The molecule has 0 aliphatic carbocycles. The second-order valence-corrected chi connectivity index (χ2v) is 14.6. The van der Waals surface area contributed by atoms with E-state index in [1.807, 2.05) is 6.08 Å². The van der Waals surface area contributed by atoms with Gasteiger partial charge >= 0.3 is 11.9 Å². The summed E-state index contributed by atoms with van der Waals surface area (Å²) >= 11 is 0. The van der Waals surface area contributed by atoms with Crippen molar-refractivity contribution in [3.05, 3.63) is 12.7 Å². The molecule has 49 heavy (non-hydrogen) atoms. The fourth-order valence-electron chi connectivity index (χ4n) is 6.68. The van der Waals surface area contributed by atoms with Gasteiger partial charge in [0.05, 0.1) is 6.61 Å². The molecule has 0 bridgehead atoms. The highest BCUT2D eigenvalue weighted by Crippen LogP contribution is 2.19. The Morgan fingerprint density at radius 3 is 1.41 bits per heavy atom. The maximum atomic E-state index is 12.7. The molecule has 1 N–H and O–H groups in total. The molecule has 0 aromatic rings. The SMILES string of the molecule is C=CCC(CCCCCCCC)OC(=O)CCCN(CCO)CCCCCCCC(=O)OC(CCCCCCCC)CCCCCCCC. The van der Waals surface area contributed by atoms with Crippen LogP contribution >= 0.6 is 0 Å². The highest BCUT2D eigenvalue weighted by molar-refractivity contribution is 5.69. The molecule has 0 saturated heterocycles. The fraction of sp³-hybridized carbons (Fsp3) is 0.907. The summed E-state index contributed by atoms with van der Waals surface area (Å²) in [7, 11) is 0. The summed E-state index contributed by atoms with van der Waals surface area (Å²) in [4.78, 5) is 27.5. The van der Waals surface area contributed by atoms with E-state index in [4.69, 9.17) is 9.47 Å². The van der Waals surface area contributed by atoms with Crippen LogP contribution in [0.1, 0.15) is 213 Å². The first-order valence-corrected chi connectivity index (χ1v) is 21.3. The van der Waals surface area contributed by atoms with Crippen LogP contribution in [-0.2, 0) is 19.1 Å². The number of carbonyl (C=O) groups is 2. The van der Waals surface area contributed by atoms with E-state index in [9.17, 15) is 14.7 Å². The molecular formula is C43H83NO5. The predicted molar refractivity (Wildman–Crippen MR) is 209 cm³/mol. The molecule has 0 aromatic heterocycles. The van der Waals surface area contributed by atoms with Gasteiger partial charge in [0.2, 0.25) is 0 Å². The minimum atomic E-state index is -0.114. The number of carbonyl (C=O) groups excluding carboxylic acids is 2. The highest BCUT2D eigenvalue weighted by Gasteiger charge is 2.15. The third kappa shape index (κ3) is 33.5. The predicted octanol–water partition coefficient (Wildman–Crippen LogP) is 12.1. The lowest BCUT2D eigenvalue weighted by Gasteiger charge is -2.21. The summed E-state index contributed by atoms with van der Waals surface area (Å²) in [6.45, 7) is 13.1. The van der Waals surface area contributed by atoms with E-state index < -0.39 is 0 Å². The Bertz CT molecular complexity index is 713. The molecule has 290 valence electrons. The summed E-state index contributed by atoms with van der Waals surface area (Å²) in [6, 6.07) is 0. The summed E-state index contributed by atoms with van der Waals surface area (Å²) in [5.74, 6) is -0.121. The second-order valence-electron chi connectivity index (χ2n) is 14.6. The summed E-state index contributed by atoms with van der Waals surface area (Å²) in [6.07, 6.45) is 35.2. The summed E-state index contributed by atoms with van der Waals surface area (Å²) < 4.78 is 11.8. The maximum Gasteiger partial charge on any atom is 0.306 e. The average molecular weight is 694 g/mol. The highest BCUT2D eigenvalue weighted by atomic mass is 16.5. The van der Waals surface area contributed by atoms with Gasteiger partial charge in [-0.2, -0.15) is 0 Å². The van der Waals surface area contributed by atoms with Gasteiger partial charge in [0.1, 0.15) is 12.2 Å². The Kier molecular flexibility index (Phi) is 36.8. The molecule has 0 aliphatic heterocycles. The van der Waals surface area contributed by atoms with E-state index in [1.54, 1.807) is 0 Å². The van der Waals surface area contributed by atoms with Crippen LogP contribution in [-0.4, -0.2) is 60.4 Å². The van der Waals surface area contributed by atoms with Crippen molar-refractivity contribution in [3.8, 4) is 0 Å². The lowest BCUT2D eigenvalue weighted by Crippen LogP contribution is -2.29. The van der Waals surface area contributed by atoms with Crippen LogP contribution in [0.15, 0.2) is 12.7 Å². The number of unbranched alkanes of at least 4 members (excludes halogenated alkanes) is 19. The van der Waals surface area contributed by atoms with E-state index in [2.05, 4.69) is 32.3 Å². The number of hydrogen-bond donors (Lipinski definition) is 1. The molecule has 0 aromatic carbocycles. The van der Waals surface area contributed by atoms with Crippen LogP contribution in [0.3, 0.4) is 0 Å². The van der Waals surface area contributed by atoms with Crippen molar-refractivity contribution in [2.24, 2.45) is 0 Å². The Balaban J connectivity index is 4.23. The third-order valence-electron chi connectivity index (χ3n) is 9.79. The van der Waals surface area contributed by atoms with Gasteiger partial charge in [-0.15, -0.1) is 6.58 Å². The zero-order chi connectivity index (χ0) is 36.0. The normalized spacial score (nSPS) is 12.1. The van der Waals surface area contributed by atoms with Crippen molar-refractivity contribution in [2.75, 3.05) is 26.2 Å². The molecule has 0 fully saturated rings. The monoisotopic (exact) mass is 694 g/mol. The molecule has 0 aliphatic rings. The molecule has 1 unspecified atom stereocenters. The van der Waals surface area contributed by atoms with Crippen molar-refractivity contribution in [2.45, 2.75) is 226 Å². The molecule has 0 amide bonds. The van der Waals surface area contributed by atoms with E-state index in [-0.39, 0.29) is 30.8 Å². The van der Waals surface area contributed by atoms with Crippen LogP contribution < -0.4 is 0 Å². The van der Waals surface area contributed by atoms with Gasteiger partial charge in [-0.25, -0.2) is 0 Å². The smallest absolute Gasteiger partial charge is 0.306 e. The van der Waals surface area contributed by atoms with Crippen molar-refractivity contribution < 1.29 is 24.2 Å². The molecule has 1 atom stereocenters. The van der Waals surface area contributed by atoms with Crippen molar-refractivity contribution in [1.29, 1.82) is 0 Å². The largest absolute Gasteiger partial charge is 0.462 e. The Labute approximate surface area is 304 Å². The number of rotatable bonds is 39. The number of aliphatic hydroxyl groups is 1. The number of esters is 2. The molecule has 6 nitrogen and oxygen atoms in total. The van der Waals surface area contributed by atoms with E-state index in [0.717, 1.165) is 83.7 Å². The van der Waals surface area contributed by atoms with Gasteiger partial charge in [0, 0.05) is 25.8 Å². The summed E-state index contributed by atoms with van der Waals surface area (Å²) in [5.41, 5.74) is 0. The zero-order valence-corrected chi connectivity index (χ0v) is 33.0. The molecule has 0 spiro atoms. The first-order valence-electron chi connectivity index (χ1n) is 21.3. The van der Waals surface area contributed by atoms with Crippen molar-refractivity contribution in [1.82, 2.24) is 4.90 Å². The second kappa shape index (κ2) is 37.8. The first-order chi connectivity index (χ1) is 24.0. The van der Waals surface area contributed by atoms with Gasteiger partial charge in [0.15, 0.2) is 0 Å². The van der Waals surface area contributed by atoms with Crippen molar-refractivity contribution >= 4 is 11.9 Å². The van der Waals surface area contributed by atoms with Crippen molar-refractivity contribution in [3.63, 3.8) is 0 Å². The van der Waals surface area contributed by atoms with Crippen LogP contribution in [0, 0.1) is 0 Å². The van der Waals surface area contributed by atoms with Gasteiger partial charge in [-0.3, -0.25) is 9.59 Å². The van der Waals surface area contributed by atoms with Gasteiger partial charge in [-0.05, 0) is 70.9 Å². The van der Waals surface area contributed by atoms with Crippen LogP contribution in [0.2, 0.25) is 0 Å². The fourth-order valence-corrected chi connectivity index (χ4v) is 6.68. The standard InChI is InChI=1S/C43H83NO5/c1-5-9-12-15-19-24-31-40(30-8-4)48-43(47)35-29-37-44(38-39-45)36-28-23-18-22-27-34-42(46)49-41(32-25-20-16-13-10-6-2)33-26-21-17-14-11-7-3/h8,40-41,45H,4-7,9-39H2,1-3H3. The molecule has 0 rings (SSSR count). The lowest BCUT2D eigenvalue weighted by atomic mass is 10.0. The maximum absolute atomic E-state index is 12.7. The van der Waals surface area contributed by atoms with E-state index in [1.165, 1.54) is 109 Å². The minimum Gasteiger partial charge on any atom is -0.462 e. The van der Waals surface area contributed by atoms with Crippen LogP contribution in [0.5, 0.6) is 0 Å². The Morgan fingerprint density at radius 2 is 0.918 bits per heavy atom. The molecule has 0 heterocycles. The topological polar surface area (TPSA) is 76.1 Å². The zero-order valence-electron chi connectivity index (χ0n) is 33.0.